The smallest absolute Gasteiger partial charge is 0.200 e. The van der Waals surface area contributed by atoms with Gasteiger partial charge >= 0.3 is 0 Å². The Morgan fingerprint density at radius 3 is 2.32 bits per heavy atom. The maximum Gasteiger partial charge on any atom is 0.200 e. The van der Waals surface area contributed by atoms with Crippen LogP contribution in [0.3, 0.4) is 0 Å². The van der Waals surface area contributed by atoms with Crippen molar-refractivity contribution in [3.05, 3.63) is 65.7 Å². The predicted octanol–water partition coefficient (Wildman–Crippen LogP) is 6.15. The van der Waals surface area contributed by atoms with Crippen molar-refractivity contribution >= 4 is 22.7 Å². The van der Waals surface area contributed by atoms with E-state index in [0.29, 0.717) is 5.69 Å². The van der Waals surface area contributed by atoms with Gasteiger partial charge in [0.15, 0.2) is 5.06 Å². The highest BCUT2D eigenvalue weighted by molar-refractivity contribution is 7.17. The molecule has 0 aliphatic carbocycles. The fourth-order valence-electron chi connectivity index (χ4n) is 2.21. The molecule has 0 aliphatic rings. The molecule has 0 spiro atoms. The quantitative estimate of drug-likeness (QED) is 0.579. The molecule has 0 atom stereocenters. The van der Waals surface area contributed by atoms with Gasteiger partial charge in [-0.25, -0.2) is 0 Å². The molecule has 0 saturated heterocycles. The maximum atomic E-state index is 10.0. The van der Waals surface area contributed by atoms with Gasteiger partial charge in [0.25, 0.3) is 0 Å². The van der Waals surface area contributed by atoms with Crippen molar-refractivity contribution in [1.82, 2.24) is 0 Å². The Hall–Kier alpha value is -2.46. The van der Waals surface area contributed by atoms with Crippen molar-refractivity contribution in [3.63, 3.8) is 0 Å². The predicted molar refractivity (Wildman–Crippen MR) is 91.5 cm³/mol. The second-order valence-electron chi connectivity index (χ2n) is 5.16. The first-order chi connectivity index (χ1) is 10.6. The van der Waals surface area contributed by atoms with Crippen LogP contribution in [-0.4, -0.2) is 5.11 Å². The van der Waals surface area contributed by atoms with Crippen LogP contribution in [0.15, 0.2) is 64.8 Å². The minimum Gasteiger partial charge on any atom is -0.498 e. The van der Waals surface area contributed by atoms with E-state index in [2.05, 4.69) is 16.3 Å². The monoisotopic (exact) mass is 308 g/mol. The van der Waals surface area contributed by atoms with Crippen LogP contribution in [0.2, 0.25) is 0 Å². The molecule has 22 heavy (non-hydrogen) atoms. The van der Waals surface area contributed by atoms with E-state index >= 15 is 0 Å². The van der Waals surface area contributed by atoms with E-state index in [0.717, 1.165) is 21.7 Å². The van der Waals surface area contributed by atoms with Gasteiger partial charge in [0.05, 0.1) is 5.69 Å². The highest BCUT2D eigenvalue weighted by atomic mass is 32.1. The first-order valence-corrected chi connectivity index (χ1v) is 7.82. The lowest BCUT2D eigenvalue weighted by Gasteiger charge is -1.99. The number of aryl methyl sites for hydroxylation is 2. The summed E-state index contributed by atoms with van der Waals surface area (Å²) in [6.45, 7) is 4.05. The Bertz CT molecular complexity index is 822. The van der Waals surface area contributed by atoms with E-state index in [1.807, 2.05) is 62.4 Å². The third kappa shape index (κ3) is 3.07. The van der Waals surface area contributed by atoms with E-state index in [9.17, 15) is 5.11 Å². The minimum absolute atomic E-state index is 0.187. The van der Waals surface area contributed by atoms with Gasteiger partial charge < -0.3 is 5.11 Å². The normalized spacial score (nSPS) is 11.2. The Kier molecular flexibility index (Phi) is 4.02. The molecule has 3 aromatic rings. The SMILES string of the molecule is Cc1ccc(N=Nc2cc(-c3ccccc3)sc2O)c(C)c1. The summed E-state index contributed by atoms with van der Waals surface area (Å²) in [6, 6.07) is 17.8. The molecule has 0 amide bonds. The fraction of sp³-hybridized carbons (Fsp3) is 0.111. The highest BCUT2D eigenvalue weighted by Crippen LogP contribution is 2.42. The van der Waals surface area contributed by atoms with Crippen molar-refractivity contribution in [2.75, 3.05) is 0 Å². The summed E-state index contributed by atoms with van der Waals surface area (Å²) in [7, 11) is 0. The summed E-state index contributed by atoms with van der Waals surface area (Å²) in [5.74, 6) is 0. The Balaban J connectivity index is 1.90. The van der Waals surface area contributed by atoms with Gasteiger partial charge in [0.1, 0.15) is 5.69 Å². The summed E-state index contributed by atoms with van der Waals surface area (Å²) in [5.41, 5.74) is 4.65. The Morgan fingerprint density at radius 1 is 0.864 bits per heavy atom. The average Bonchev–Trinajstić information content (AvgIpc) is 2.88. The molecule has 0 fully saturated rings. The standard InChI is InChI=1S/C18H16N2OS/c1-12-8-9-15(13(2)10-12)19-20-16-11-17(22-18(16)21)14-6-4-3-5-7-14/h3-11,21H,1-2H3. The van der Waals surface area contributed by atoms with E-state index in [1.54, 1.807) is 0 Å². The van der Waals surface area contributed by atoms with Crippen molar-refractivity contribution in [2.45, 2.75) is 13.8 Å². The zero-order valence-electron chi connectivity index (χ0n) is 12.4. The molecule has 1 heterocycles. The van der Waals surface area contributed by atoms with Crippen molar-refractivity contribution in [1.29, 1.82) is 0 Å². The number of azo groups is 1. The van der Waals surface area contributed by atoms with Crippen LogP contribution in [0.1, 0.15) is 11.1 Å². The molecule has 3 rings (SSSR count). The van der Waals surface area contributed by atoms with Gasteiger partial charge in [-0.1, -0.05) is 59.4 Å². The van der Waals surface area contributed by atoms with Crippen LogP contribution >= 0.6 is 11.3 Å². The number of rotatable bonds is 3. The van der Waals surface area contributed by atoms with Crippen LogP contribution < -0.4 is 0 Å². The molecule has 110 valence electrons. The summed E-state index contributed by atoms with van der Waals surface area (Å²) >= 11 is 1.31. The number of benzene rings is 2. The second-order valence-corrected chi connectivity index (χ2v) is 6.19. The lowest BCUT2D eigenvalue weighted by molar-refractivity contribution is 0.492. The second kappa shape index (κ2) is 6.12. The Labute approximate surface area is 133 Å². The van der Waals surface area contributed by atoms with Crippen LogP contribution in [0, 0.1) is 13.8 Å². The third-order valence-corrected chi connectivity index (χ3v) is 4.35. The number of nitrogens with zero attached hydrogens (tertiary/aromatic N) is 2. The molecule has 0 unspecified atom stereocenters. The van der Waals surface area contributed by atoms with Crippen LogP contribution in [0.25, 0.3) is 10.4 Å². The van der Waals surface area contributed by atoms with Crippen molar-refractivity contribution in [3.8, 4) is 15.5 Å². The zero-order chi connectivity index (χ0) is 15.5. The van der Waals surface area contributed by atoms with Gasteiger partial charge in [-0.3, -0.25) is 0 Å². The van der Waals surface area contributed by atoms with Gasteiger partial charge in [0.2, 0.25) is 0 Å². The molecule has 0 radical (unpaired) electrons. The largest absolute Gasteiger partial charge is 0.498 e. The van der Waals surface area contributed by atoms with E-state index in [4.69, 9.17) is 0 Å². The van der Waals surface area contributed by atoms with E-state index in [1.165, 1.54) is 16.9 Å². The van der Waals surface area contributed by atoms with Gasteiger partial charge in [-0.15, -0.1) is 5.11 Å². The Morgan fingerprint density at radius 2 is 1.59 bits per heavy atom. The first-order valence-electron chi connectivity index (χ1n) is 7.01. The lowest BCUT2D eigenvalue weighted by atomic mass is 10.1. The zero-order valence-corrected chi connectivity index (χ0v) is 13.3. The maximum absolute atomic E-state index is 10.0. The molecule has 3 nitrogen and oxygen atoms in total. The van der Waals surface area contributed by atoms with Gasteiger partial charge in [0, 0.05) is 4.88 Å². The van der Waals surface area contributed by atoms with E-state index < -0.39 is 0 Å². The fourth-order valence-corrected chi connectivity index (χ4v) is 3.05. The molecule has 0 aliphatic heterocycles. The molecular formula is C18H16N2OS. The summed E-state index contributed by atoms with van der Waals surface area (Å²) in [5, 5.41) is 18.7. The summed E-state index contributed by atoms with van der Waals surface area (Å²) in [6.07, 6.45) is 0. The van der Waals surface area contributed by atoms with Crippen molar-refractivity contribution in [2.24, 2.45) is 10.2 Å². The molecule has 4 heteroatoms. The number of thiophene rings is 1. The topological polar surface area (TPSA) is 45.0 Å². The number of hydrogen-bond acceptors (Lipinski definition) is 4. The summed E-state index contributed by atoms with van der Waals surface area (Å²) < 4.78 is 0. The van der Waals surface area contributed by atoms with Crippen molar-refractivity contribution < 1.29 is 5.11 Å². The van der Waals surface area contributed by atoms with Gasteiger partial charge in [-0.2, -0.15) is 5.11 Å². The van der Waals surface area contributed by atoms with Gasteiger partial charge in [-0.05, 0) is 37.1 Å². The highest BCUT2D eigenvalue weighted by Gasteiger charge is 2.09. The third-order valence-electron chi connectivity index (χ3n) is 3.37. The molecule has 1 aromatic heterocycles. The number of aromatic hydroxyl groups is 1. The van der Waals surface area contributed by atoms with Crippen LogP contribution in [-0.2, 0) is 0 Å². The summed E-state index contributed by atoms with van der Waals surface area (Å²) in [4.78, 5) is 0.979. The molecule has 0 bridgehead atoms. The minimum atomic E-state index is 0.187. The molecule has 2 aromatic carbocycles. The van der Waals surface area contributed by atoms with E-state index in [-0.39, 0.29) is 5.06 Å². The van der Waals surface area contributed by atoms with Crippen LogP contribution in [0.4, 0.5) is 11.4 Å². The van der Waals surface area contributed by atoms with Crippen LogP contribution in [0.5, 0.6) is 5.06 Å². The molecule has 0 saturated carbocycles. The lowest BCUT2D eigenvalue weighted by Crippen LogP contribution is -1.76. The molecule has 1 N–H and O–H groups in total. The molecular weight excluding hydrogens is 292 g/mol. The first kappa shape index (κ1) is 14.5. The average molecular weight is 308 g/mol. The number of hydrogen-bond donors (Lipinski definition) is 1.